The van der Waals surface area contributed by atoms with Crippen molar-refractivity contribution >= 4 is 11.0 Å². The Bertz CT molecular complexity index is 3420. The number of hydrogen-bond donors (Lipinski definition) is 1. The molecule has 5 heteroatoms. The average molecular weight is 1050 g/mol. The second-order valence-electron chi connectivity index (χ2n) is 18.4. The summed E-state index contributed by atoms with van der Waals surface area (Å²) in [7, 11) is 0. The van der Waals surface area contributed by atoms with Gasteiger partial charge in [0.2, 0.25) is 0 Å². The van der Waals surface area contributed by atoms with Crippen LogP contribution in [0.3, 0.4) is 0 Å². The second-order valence-corrected chi connectivity index (χ2v) is 18.4. The van der Waals surface area contributed by atoms with Crippen LogP contribution in [-0.2, 0) is 26.5 Å². The Morgan fingerprint density at radius 2 is 1.16 bits per heavy atom. The zero-order valence-corrected chi connectivity index (χ0v) is 40.9. The van der Waals surface area contributed by atoms with Crippen molar-refractivity contribution in [3.8, 4) is 89.7 Å². The number of para-hydroxylation sites is 1. The SMILES string of the molecule is [2H]C(C)(C)c1ccc(-n2c(-c3cc(C(C)(C)C)cc(C)c3O)nc3c(-c4[c-]c(-c5cc(-c6ccc(-c7ccccc7)cc6)ccn5)cc(-c5ccccc5)c4)cccc32)c(-c2ccccc2)c1.[Pt]. The predicted octanol–water partition coefficient (Wildman–Crippen LogP) is 16.3. The molecular formula is C62H52N3OPt-. The Kier molecular flexibility index (Phi) is 12.2. The molecule has 0 spiro atoms. The predicted molar refractivity (Wildman–Crippen MR) is 275 cm³/mol. The van der Waals surface area contributed by atoms with Gasteiger partial charge < -0.3 is 5.11 Å². The number of fused-ring (bicyclic) bond motifs is 1. The Morgan fingerprint density at radius 1 is 0.567 bits per heavy atom. The van der Waals surface area contributed by atoms with Gasteiger partial charge in [0.05, 0.1) is 22.3 Å². The minimum absolute atomic E-state index is 0. The summed E-state index contributed by atoms with van der Waals surface area (Å²) in [5.74, 6) is -0.0161. The van der Waals surface area contributed by atoms with Crippen LogP contribution in [0.4, 0.5) is 0 Å². The first-order valence-corrected chi connectivity index (χ1v) is 22.6. The van der Waals surface area contributed by atoms with Gasteiger partial charge in [0.15, 0.2) is 0 Å². The fraction of sp³-hybridized carbons (Fsp3) is 0.129. The van der Waals surface area contributed by atoms with E-state index in [2.05, 4.69) is 183 Å². The Labute approximate surface area is 410 Å². The van der Waals surface area contributed by atoms with E-state index >= 15 is 0 Å². The van der Waals surface area contributed by atoms with Crippen LogP contribution in [0.15, 0.2) is 194 Å². The van der Waals surface area contributed by atoms with E-state index in [1.54, 1.807) is 0 Å². The van der Waals surface area contributed by atoms with Crippen LogP contribution in [0.2, 0.25) is 0 Å². The molecule has 0 amide bonds. The van der Waals surface area contributed by atoms with Crippen molar-refractivity contribution in [3.63, 3.8) is 0 Å². The van der Waals surface area contributed by atoms with Crippen molar-refractivity contribution in [2.45, 2.75) is 52.9 Å². The molecule has 0 atom stereocenters. The molecule has 67 heavy (non-hydrogen) atoms. The van der Waals surface area contributed by atoms with E-state index in [-0.39, 0.29) is 32.2 Å². The zero-order chi connectivity index (χ0) is 46.5. The zero-order valence-electron chi connectivity index (χ0n) is 39.6. The van der Waals surface area contributed by atoms with Crippen molar-refractivity contribution in [2.75, 3.05) is 0 Å². The van der Waals surface area contributed by atoms with Crippen LogP contribution in [0.25, 0.3) is 95.0 Å². The molecule has 0 aliphatic rings. The number of aromatic hydroxyl groups is 1. The van der Waals surface area contributed by atoms with Crippen LogP contribution in [0.5, 0.6) is 5.75 Å². The van der Waals surface area contributed by atoms with Gasteiger partial charge >= 0.3 is 0 Å². The minimum Gasteiger partial charge on any atom is -0.507 e. The summed E-state index contributed by atoms with van der Waals surface area (Å²) in [6.45, 7) is 12.4. The van der Waals surface area contributed by atoms with Gasteiger partial charge in [-0.25, -0.2) is 4.98 Å². The van der Waals surface area contributed by atoms with Gasteiger partial charge in [0, 0.05) is 39.9 Å². The molecule has 1 N–H and O–H groups in total. The molecule has 0 unspecified atom stereocenters. The maximum atomic E-state index is 12.1. The Hall–Kier alpha value is -7.13. The van der Waals surface area contributed by atoms with Crippen molar-refractivity contribution in [1.82, 2.24) is 14.5 Å². The molecule has 0 bridgehead atoms. The van der Waals surface area contributed by atoms with E-state index in [4.69, 9.17) is 11.3 Å². The molecule has 0 saturated carbocycles. The average Bonchev–Trinajstić information content (AvgIpc) is 3.74. The third-order valence-electron chi connectivity index (χ3n) is 12.6. The maximum Gasteiger partial charge on any atom is 0.148 e. The summed E-state index contributed by atoms with van der Waals surface area (Å²) < 4.78 is 11.2. The van der Waals surface area contributed by atoms with Gasteiger partial charge in [-0.15, -0.1) is 23.8 Å². The fourth-order valence-electron chi connectivity index (χ4n) is 8.91. The van der Waals surface area contributed by atoms with E-state index in [0.29, 0.717) is 11.4 Å². The molecule has 0 fully saturated rings. The minimum atomic E-state index is -0.829. The van der Waals surface area contributed by atoms with E-state index in [1.807, 2.05) is 63.4 Å². The van der Waals surface area contributed by atoms with Crippen molar-refractivity contribution in [2.24, 2.45) is 0 Å². The van der Waals surface area contributed by atoms with Crippen LogP contribution in [0.1, 0.15) is 58.6 Å². The van der Waals surface area contributed by atoms with E-state index in [1.165, 1.54) is 11.1 Å². The van der Waals surface area contributed by atoms with Crippen molar-refractivity contribution in [3.05, 3.63) is 217 Å². The van der Waals surface area contributed by atoms with E-state index < -0.39 is 5.89 Å². The number of aromatic nitrogens is 3. The van der Waals surface area contributed by atoms with Crippen LogP contribution in [0, 0.1) is 13.0 Å². The van der Waals surface area contributed by atoms with Crippen LogP contribution in [-0.4, -0.2) is 19.6 Å². The summed E-state index contributed by atoms with van der Waals surface area (Å²) in [5.41, 5.74) is 17.9. The molecule has 0 aliphatic heterocycles. The van der Waals surface area contributed by atoms with Gasteiger partial charge in [0.1, 0.15) is 11.6 Å². The first-order chi connectivity index (χ1) is 32.3. The third kappa shape index (κ3) is 8.95. The molecule has 332 valence electrons. The maximum absolute atomic E-state index is 12.1. The largest absolute Gasteiger partial charge is 0.507 e. The molecule has 0 radical (unpaired) electrons. The second kappa shape index (κ2) is 18.6. The molecule has 10 rings (SSSR count). The van der Waals surface area contributed by atoms with E-state index in [9.17, 15) is 5.11 Å². The molecule has 0 aliphatic carbocycles. The number of benzene rings is 8. The molecule has 2 aromatic heterocycles. The Morgan fingerprint density at radius 3 is 1.81 bits per heavy atom. The topological polar surface area (TPSA) is 50.9 Å². The van der Waals surface area contributed by atoms with Crippen molar-refractivity contribution in [1.29, 1.82) is 0 Å². The molecule has 2 heterocycles. The number of imidazole rings is 1. The molecule has 4 nitrogen and oxygen atoms in total. The number of phenolic OH excluding ortho intramolecular Hbond substituents is 1. The standard InChI is InChI=1S/C62H52N3O.Pt/c1-40(2)47-29-30-57(54(37-47)46-21-14-9-15-22-46)65-58-24-16-23-53(59(58)64-61(65)55-39-52(62(4,5)6)33-41(3)60(55)66)50-34-49(43-19-12-8-13-20-43)35-51(36-50)56-38-48(31-32-63-56)45-27-25-44(26-28-45)42-17-10-7-11-18-42;/h7-35,37-40,66H,1-6H3;/q-1;/i40D;. The van der Waals surface area contributed by atoms with Gasteiger partial charge in [-0.1, -0.05) is 197 Å². The number of rotatable bonds is 9. The third-order valence-corrected chi connectivity index (χ3v) is 12.6. The number of aryl methyl sites for hydroxylation is 1. The number of pyridine rings is 1. The summed E-state index contributed by atoms with van der Waals surface area (Å²) in [5, 5.41) is 12.1. The molecule has 8 aromatic carbocycles. The monoisotopic (exact) mass is 1050 g/mol. The van der Waals surface area contributed by atoms with E-state index in [0.717, 1.165) is 89.2 Å². The summed E-state index contributed by atoms with van der Waals surface area (Å²) in [6.07, 6.45) is 1.88. The quantitative estimate of drug-likeness (QED) is 0.147. The number of hydrogen-bond acceptors (Lipinski definition) is 3. The first kappa shape index (κ1) is 43.7. The molecule has 10 aromatic rings. The van der Waals surface area contributed by atoms with Crippen molar-refractivity contribution < 1.29 is 27.5 Å². The number of nitrogens with zero attached hydrogens (tertiary/aromatic N) is 3. The molecular weight excluding hydrogens is 998 g/mol. The van der Waals surface area contributed by atoms with Crippen LogP contribution >= 0.6 is 0 Å². The summed E-state index contributed by atoms with van der Waals surface area (Å²) >= 11 is 0. The van der Waals surface area contributed by atoms with Gasteiger partial charge in [-0.05, 0) is 98.6 Å². The Balaban J connectivity index is 0.00000578. The first-order valence-electron chi connectivity index (χ1n) is 23.1. The van der Waals surface area contributed by atoms with Gasteiger partial charge in [0.25, 0.3) is 0 Å². The summed E-state index contributed by atoms with van der Waals surface area (Å²) in [6, 6.07) is 69.1. The fourth-order valence-corrected chi connectivity index (χ4v) is 8.91. The van der Waals surface area contributed by atoms with Gasteiger partial charge in [-0.3, -0.25) is 9.55 Å². The molecule has 0 saturated heterocycles. The summed E-state index contributed by atoms with van der Waals surface area (Å²) in [4.78, 5) is 10.5. The smallest absolute Gasteiger partial charge is 0.148 e. The van der Waals surface area contributed by atoms with Crippen LogP contribution < -0.4 is 0 Å². The normalized spacial score (nSPS) is 11.9. The number of phenols is 1. The van der Waals surface area contributed by atoms with Gasteiger partial charge in [-0.2, -0.15) is 0 Å².